The quantitative estimate of drug-likeness (QED) is 0.178. The van der Waals surface area contributed by atoms with Gasteiger partial charge in [0.1, 0.15) is 22.3 Å². The highest BCUT2D eigenvalue weighted by molar-refractivity contribution is 6.14. The van der Waals surface area contributed by atoms with E-state index in [-0.39, 0.29) is 5.41 Å². The Morgan fingerprint density at radius 3 is 1.66 bits per heavy atom. The van der Waals surface area contributed by atoms with E-state index in [9.17, 15) is 0 Å². The van der Waals surface area contributed by atoms with Gasteiger partial charge in [-0.2, -0.15) is 0 Å². The van der Waals surface area contributed by atoms with E-state index in [1.165, 1.54) is 109 Å². The highest BCUT2D eigenvalue weighted by Crippen LogP contribution is 2.58. The molecule has 0 bridgehead atoms. The molecule has 0 atom stereocenters. The average molecular weight is 821 g/mol. The minimum Gasteiger partial charge on any atom is -0.456 e. The molecular formula is C60H40N2O2. The molecule has 1 saturated carbocycles. The van der Waals surface area contributed by atoms with E-state index in [1.807, 2.05) is 18.2 Å². The number of para-hydroxylation sites is 4. The number of aromatic nitrogens is 2. The van der Waals surface area contributed by atoms with E-state index in [0.29, 0.717) is 0 Å². The second-order valence-electron chi connectivity index (χ2n) is 18.3. The minimum absolute atomic E-state index is 0.0187. The predicted octanol–water partition coefficient (Wildman–Crippen LogP) is 16.6. The number of rotatable bonds is 3. The molecule has 0 saturated heterocycles. The molecule has 4 heteroatoms. The van der Waals surface area contributed by atoms with E-state index in [0.717, 1.165) is 55.3 Å². The summed E-state index contributed by atoms with van der Waals surface area (Å²) in [5.74, 6) is 0. The summed E-state index contributed by atoms with van der Waals surface area (Å²) in [4.78, 5) is 0. The van der Waals surface area contributed by atoms with Gasteiger partial charge in [-0.15, -0.1) is 0 Å². The lowest BCUT2D eigenvalue weighted by molar-refractivity contribution is 0.353. The number of hydrogen-bond donors (Lipinski definition) is 0. The smallest absolute Gasteiger partial charge is 0.137 e. The monoisotopic (exact) mass is 820 g/mol. The highest BCUT2D eigenvalue weighted by Gasteiger charge is 2.44. The van der Waals surface area contributed by atoms with Crippen molar-refractivity contribution < 1.29 is 8.83 Å². The molecule has 0 radical (unpaired) electrons. The number of benzene rings is 9. The molecule has 15 rings (SSSR count). The number of hydrogen-bond acceptors (Lipinski definition) is 2. The molecule has 13 aromatic rings. The van der Waals surface area contributed by atoms with Crippen molar-refractivity contribution in [3.8, 4) is 33.6 Å². The Bertz CT molecular complexity index is 4130. The van der Waals surface area contributed by atoms with Gasteiger partial charge in [0.15, 0.2) is 0 Å². The Kier molecular flexibility index (Phi) is 6.86. The summed E-state index contributed by atoms with van der Waals surface area (Å²) in [6, 6.07) is 67.3. The second kappa shape index (κ2) is 12.6. The fraction of sp³-hybridized carbons (Fsp3) is 0.100. The van der Waals surface area contributed by atoms with E-state index in [4.69, 9.17) is 8.83 Å². The summed E-state index contributed by atoms with van der Waals surface area (Å²) >= 11 is 0. The van der Waals surface area contributed by atoms with Crippen LogP contribution in [0.5, 0.6) is 0 Å². The summed E-state index contributed by atoms with van der Waals surface area (Å²) in [6.45, 7) is 0. The van der Waals surface area contributed by atoms with Gasteiger partial charge in [-0.3, -0.25) is 0 Å². The molecule has 302 valence electrons. The Labute approximate surface area is 368 Å². The second-order valence-corrected chi connectivity index (χ2v) is 18.3. The first kappa shape index (κ1) is 34.7. The summed E-state index contributed by atoms with van der Waals surface area (Å²) in [5, 5.41) is 9.69. The van der Waals surface area contributed by atoms with Crippen LogP contribution >= 0.6 is 0 Å². The van der Waals surface area contributed by atoms with Crippen LogP contribution in [0.1, 0.15) is 43.2 Å². The van der Waals surface area contributed by atoms with Crippen LogP contribution in [0.15, 0.2) is 191 Å². The molecule has 1 fully saturated rings. The van der Waals surface area contributed by atoms with Crippen molar-refractivity contribution in [3.05, 3.63) is 193 Å². The van der Waals surface area contributed by atoms with Crippen LogP contribution in [0, 0.1) is 0 Å². The Hall–Kier alpha value is -7.82. The third-order valence-corrected chi connectivity index (χ3v) is 15.1. The van der Waals surface area contributed by atoms with E-state index in [1.54, 1.807) is 0 Å². The normalized spacial score (nSPS) is 14.7. The van der Waals surface area contributed by atoms with Gasteiger partial charge < -0.3 is 18.0 Å². The largest absolute Gasteiger partial charge is 0.456 e. The van der Waals surface area contributed by atoms with Crippen LogP contribution in [0.2, 0.25) is 0 Å². The van der Waals surface area contributed by atoms with Crippen LogP contribution in [0.3, 0.4) is 0 Å². The van der Waals surface area contributed by atoms with Gasteiger partial charge in [0, 0.05) is 65.9 Å². The van der Waals surface area contributed by atoms with Gasteiger partial charge in [0.25, 0.3) is 0 Å². The van der Waals surface area contributed by atoms with Crippen LogP contribution < -0.4 is 0 Å². The molecule has 0 unspecified atom stereocenters. The van der Waals surface area contributed by atoms with Gasteiger partial charge in [0.05, 0.1) is 22.1 Å². The lowest BCUT2D eigenvalue weighted by Crippen LogP contribution is -2.28. The fourth-order valence-electron chi connectivity index (χ4n) is 12.3. The zero-order valence-corrected chi connectivity index (χ0v) is 35.1. The minimum atomic E-state index is 0.0187. The molecule has 4 nitrogen and oxygen atoms in total. The van der Waals surface area contributed by atoms with E-state index >= 15 is 0 Å². The SMILES string of the molecule is c1ccc2c(c1)oc1cc(-n3c4ccccc4c4cc5c(cc43)-c3cc(-c4ccc6c(c4)c4ccccc4n6-c4ccc6oc7ccccc7c6c4)ccc3C53CCCCC3)ccc12. The van der Waals surface area contributed by atoms with Crippen molar-refractivity contribution in [2.45, 2.75) is 37.5 Å². The Balaban J connectivity index is 0.919. The molecule has 4 heterocycles. The van der Waals surface area contributed by atoms with Crippen LogP contribution in [-0.2, 0) is 5.41 Å². The average Bonchev–Trinajstić information content (AvgIpc) is 4.14. The first-order valence-electron chi connectivity index (χ1n) is 22.8. The zero-order chi connectivity index (χ0) is 41.7. The lowest BCUT2D eigenvalue weighted by atomic mass is 9.67. The van der Waals surface area contributed by atoms with E-state index in [2.05, 4.69) is 173 Å². The Morgan fingerprint density at radius 2 is 0.875 bits per heavy atom. The molecule has 9 aromatic carbocycles. The molecule has 0 N–H and O–H groups in total. The number of furan rings is 2. The van der Waals surface area contributed by atoms with Gasteiger partial charge >= 0.3 is 0 Å². The van der Waals surface area contributed by atoms with Crippen LogP contribution in [0.25, 0.3) is 121 Å². The zero-order valence-electron chi connectivity index (χ0n) is 35.1. The highest BCUT2D eigenvalue weighted by atomic mass is 16.3. The van der Waals surface area contributed by atoms with Crippen LogP contribution in [-0.4, -0.2) is 9.13 Å². The van der Waals surface area contributed by atoms with Gasteiger partial charge in [0.2, 0.25) is 0 Å². The molecule has 2 aliphatic carbocycles. The van der Waals surface area contributed by atoms with Crippen molar-refractivity contribution >= 4 is 87.5 Å². The summed E-state index contributed by atoms with van der Waals surface area (Å²) in [6.07, 6.45) is 6.18. The van der Waals surface area contributed by atoms with E-state index < -0.39 is 0 Å². The molecular weight excluding hydrogens is 781 g/mol. The maximum absolute atomic E-state index is 6.45. The van der Waals surface area contributed by atoms with Crippen molar-refractivity contribution in [2.75, 3.05) is 0 Å². The third-order valence-electron chi connectivity index (χ3n) is 15.1. The summed E-state index contributed by atoms with van der Waals surface area (Å²) in [7, 11) is 0. The summed E-state index contributed by atoms with van der Waals surface area (Å²) < 4.78 is 17.6. The lowest BCUT2D eigenvalue weighted by Gasteiger charge is -2.36. The van der Waals surface area contributed by atoms with Gasteiger partial charge in [-0.25, -0.2) is 0 Å². The number of fused-ring (bicyclic) bond motifs is 17. The fourth-order valence-corrected chi connectivity index (χ4v) is 12.3. The third kappa shape index (κ3) is 4.62. The maximum atomic E-state index is 6.45. The molecule has 2 aliphatic rings. The van der Waals surface area contributed by atoms with Gasteiger partial charge in [-0.05, 0) is 131 Å². The summed E-state index contributed by atoms with van der Waals surface area (Å²) in [5.41, 5.74) is 19.0. The molecule has 0 amide bonds. The van der Waals surface area contributed by atoms with Crippen molar-refractivity contribution in [2.24, 2.45) is 0 Å². The first-order valence-corrected chi connectivity index (χ1v) is 22.8. The van der Waals surface area contributed by atoms with Gasteiger partial charge in [-0.1, -0.05) is 110 Å². The molecule has 64 heavy (non-hydrogen) atoms. The topological polar surface area (TPSA) is 36.1 Å². The predicted molar refractivity (Wildman–Crippen MR) is 264 cm³/mol. The van der Waals surface area contributed by atoms with Crippen LogP contribution in [0.4, 0.5) is 0 Å². The first-order chi connectivity index (χ1) is 31.7. The van der Waals surface area contributed by atoms with Crippen molar-refractivity contribution in [1.29, 1.82) is 0 Å². The standard InChI is InChI=1S/C60H40N2O2/c1-10-28-60(29-11-1)50-25-20-36(37-21-26-54-47(31-37)40-12-2-6-16-52(40)61(54)38-23-27-58-49(32-38)43-15-5-9-19-57(43)63-58)30-45(50)46-35-55-48(34-51(46)60)41-13-3-7-17-53(41)62(55)39-22-24-44-42-14-4-8-18-56(42)64-59(44)33-39/h2-9,12-27,30-35H,1,10-11,28-29H2. The molecule has 1 spiro atoms. The Morgan fingerprint density at radius 1 is 0.328 bits per heavy atom. The molecule has 0 aliphatic heterocycles. The maximum Gasteiger partial charge on any atom is 0.137 e. The molecule has 4 aromatic heterocycles. The van der Waals surface area contributed by atoms with Crippen molar-refractivity contribution in [1.82, 2.24) is 9.13 Å². The van der Waals surface area contributed by atoms with Crippen molar-refractivity contribution in [3.63, 3.8) is 0 Å². The number of nitrogens with zero attached hydrogens (tertiary/aromatic N) is 2.